The van der Waals surface area contributed by atoms with Gasteiger partial charge < -0.3 is 10.2 Å². The SMILES string of the molecule is Cc1cc(/N=N/c2ccc(O)c(C(C)C)c2)ccc1O. The number of hydrogen-bond acceptors (Lipinski definition) is 4. The summed E-state index contributed by atoms with van der Waals surface area (Å²) in [5, 5.41) is 27.5. The molecule has 0 heterocycles. The minimum Gasteiger partial charge on any atom is -0.508 e. The second kappa shape index (κ2) is 5.74. The first-order chi connectivity index (χ1) is 9.47. The van der Waals surface area contributed by atoms with Gasteiger partial charge in [-0.2, -0.15) is 10.2 Å². The maximum atomic E-state index is 9.76. The van der Waals surface area contributed by atoms with Crippen molar-refractivity contribution in [1.82, 2.24) is 0 Å². The van der Waals surface area contributed by atoms with Crippen LogP contribution in [0.1, 0.15) is 30.9 Å². The highest BCUT2D eigenvalue weighted by Crippen LogP contribution is 2.30. The number of rotatable bonds is 3. The van der Waals surface area contributed by atoms with E-state index in [2.05, 4.69) is 10.2 Å². The summed E-state index contributed by atoms with van der Waals surface area (Å²) in [6.07, 6.45) is 0. The summed E-state index contributed by atoms with van der Waals surface area (Å²) in [4.78, 5) is 0. The topological polar surface area (TPSA) is 65.2 Å². The molecule has 0 aliphatic rings. The molecule has 104 valence electrons. The number of aromatic hydroxyl groups is 2. The van der Waals surface area contributed by atoms with Crippen molar-refractivity contribution in [1.29, 1.82) is 0 Å². The smallest absolute Gasteiger partial charge is 0.119 e. The van der Waals surface area contributed by atoms with Gasteiger partial charge >= 0.3 is 0 Å². The molecule has 0 unspecified atom stereocenters. The number of phenols is 2. The number of phenolic OH excluding ortho intramolecular Hbond substituents is 2. The van der Waals surface area contributed by atoms with Crippen LogP contribution >= 0.6 is 0 Å². The fourth-order valence-electron chi connectivity index (χ4n) is 1.88. The molecular formula is C16H18N2O2. The average Bonchev–Trinajstić information content (AvgIpc) is 2.41. The van der Waals surface area contributed by atoms with Gasteiger partial charge in [-0.15, -0.1) is 0 Å². The highest BCUT2D eigenvalue weighted by atomic mass is 16.3. The van der Waals surface area contributed by atoms with Gasteiger partial charge in [0.15, 0.2) is 0 Å². The maximum Gasteiger partial charge on any atom is 0.119 e. The van der Waals surface area contributed by atoms with E-state index in [1.807, 2.05) is 26.8 Å². The van der Waals surface area contributed by atoms with Gasteiger partial charge in [0.2, 0.25) is 0 Å². The fraction of sp³-hybridized carbons (Fsp3) is 0.250. The summed E-state index contributed by atoms with van der Waals surface area (Å²) in [5.74, 6) is 0.746. The Bertz CT molecular complexity index is 649. The first-order valence-corrected chi connectivity index (χ1v) is 6.51. The van der Waals surface area contributed by atoms with Crippen molar-refractivity contribution in [3.05, 3.63) is 47.5 Å². The molecule has 0 saturated carbocycles. The predicted molar refractivity (Wildman–Crippen MR) is 79.2 cm³/mol. The molecule has 0 radical (unpaired) electrons. The number of hydrogen-bond donors (Lipinski definition) is 2. The predicted octanol–water partition coefficient (Wildman–Crippen LogP) is 4.95. The Morgan fingerprint density at radius 2 is 1.40 bits per heavy atom. The van der Waals surface area contributed by atoms with Crippen LogP contribution in [0.5, 0.6) is 11.5 Å². The van der Waals surface area contributed by atoms with E-state index in [0.29, 0.717) is 11.4 Å². The lowest BCUT2D eigenvalue weighted by molar-refractivity contribution is 0.465. The zero-order chi connectivity index (χ0) is 14.7. The van der Waals surface area contributed by atoms with E-state index in [0.717, 1.165) is 11.1 Å². The molecule has 4 nitrogen and oxygen atoms in total. The molecular weight excluding hydrogens is 252 g/mol. The Labute approximate surface area is 118 Å². The van der Waals surface area contributed by atoms with Crippen molar-refractivity contribution in [2.75, 3.05) is 0 Å². The van der Waals surface area contributed by atoms with E-state index in [1.165, 1.54) is 0 Å². The van der Waals surface area contributed by atoms with Gasteiger partial charge in [-0.1, -0.05) is 13.8 Å². The monoisotopic (exact) mass is 270 g/mol. The average molecular weight is 270 g/mol. The van der Waals surface area contributed by atoms with Crippen LogP contribution in [0.15, 0.2) is 46.6 Å². The molecule has 4 heteroatoms. The van der Waals surface area contributed by atoms with E-state index >= 15 is 0 Å². The lowest BCUT2D eigenvalue weighted by Gasteiger charge is -2.08. The zero-order valence-corrected chi connectivity index (χ0v) is 11.8. The quantitative estimate of drug-likeness (QED) is 0.775. The number of azo groups is 1. The molecule has 0 fully saturated rings. The summed E-state index contributed by atoms with van der Waals surface area (Å²) in [7, 11) is 0. The van der Waals surface area contributed by atoms with Crippen LogP contribution in [-0.4, -0.2) is 10.2 Å². The van der Waals surface area contributed by atoms with Gasteiger partial charge in [0.1, 0.15) is 11.5 Å². The third kappa shape index (κ3) is 3.15. The van der Waals surface area contributed by atoms with Crippen LogP contribution < -0.4 is 0 Å². The first-order valence-electron chi connectivity index (χ1n) is 6.51. The van der Waals surface area contributed by atoms with E-state index in [9.17, 15) is 10.2 Å². The van der Waals surface area contributed by atoms with Gasteiger partial charge in [0.05, 0.1) is 11.4 Å². The Morgan fingerprint density at radius 1 is 0.850 bits per heavy atom. The van der Waals surface area contributed by atoms with E-state index in [4.69, 9.17) is 0 Å². The molecule has 0 aliphatic heterocycles. The molecule has 0 aliphatic carbocycles. The van der Waals surface area contributed by atoms with E-state index < -0.39 is 0 Å². The Morgan fingerprint density at radius 3 is 1.95 bits per heavy atom. The molecule has 0 saturated heterocycles. The van der Waals surface area contributed by atoms with Crippen molar-refractivity contribution in [3.8, 4) is 11.5 Å². The van der Waals surface area contributed by atoms with Gasteiger partial charge in [0.25, 0.3) is 0 Å². The van der Waals surface area contributed by atoms with Gasteiger partial charge in [-0.3, -0.25) is 0 Å². The second-order valence-electron chi connectivity index (χ2n) is 5.07. The van der Waals surface area contributed by atoms with Crippen LogP contribution in [0, 0.1) is 6.92 Å². The summed E-state index contributed by atoms with van der Waals surface area (Å²) in [6, 6.07) is 10.2. The molecule has 20 heavy (non-hydrogen) atoms. The summed E-state index contributed by atoms with van der Waals surface area (Å²) < 4.78 is 0. The lowest BCUT2D eigenvalue weighted by atomic mass is 10.0. The summed E-state index contributed by atoms with van der Waals surface area (Å²) in [6.45, 7) is 5.84. The molecule has 0 atom stereocenters. The van der Waals surface area contributed by atoms with Crippen LogP contribution in [0.3, 0.4) is 0 Å². The molecule has 0 bridgehead atoms. The van der Waals surface area contributed by atoms with Crippen molar-refractivity contribution < 1.29 is 10.2 Å². The highest BCUT2D eigenvalue weighted by Gasteiger charge is 2.06. The number of nitrogens with zero attached hydrogens (tertiary/aromatic N) is 2. The summed E-state index contributed by atoms with van der Waals surface area (Å²) >= 11 is 0. The third-order valence-corrected chi connectivity index (χ3v) is 3.09. The van der Waals surface area contributed by atoms with Gasteiger partial charge in [0, 0.05) is 0 Å². The van der Waals surface area contributed by atoms with Crippen molar-refractivity contribution in [2.24, 2.45) is 10.2 Å². The van der Waals surface area contributed by atoms with Crippen molar-refractivity contribution in [3.63, 3.8) is 0 Å². The summed E-state index contributed by atoms with van der Waals surface area (Å²) in [5.41, 5.74) is 2.98. The van der Waals surface area contributed by atoms with Gasteiger partial charge in [-0.05, 0) is 60.4 Å². The Hall–Kier alpha value is -2.36. The highest BCUT2D eigenvalue weighted by molar-refractivity contribution is 5.49. The minimum atomic E-state index is 0.223. The number of aryl methyl sites for hydroxylation is 1. The van der Waals surface area contributed by atoms with E-state index in [-0.39, 0.29) is 17.4 Å². The van der Waals surface area contributed by atoms with Crippen LogP contribution in [0.2, 0.25) is 0 Å². The normalized spacial score (nSPS) is 11.4. The molecule has 2 rings (SSSR count). The van der Waals surface area contributed by atoms with Crippen LogP contribution in [0.25, 0.3) is 0 Å². The largest absolute Gasteiger partial charge is 0.508 e. The van der Waals surface area contributed by atoms with Crippen LogP contribution in [-0.2, 0) is 0 Å². The molecule has 2 aromatic carbocycles. The standard InChI is InChI=1S/C16H18N2O2/c1-10(2)14-9-13(5-7-16(14)20)18-17-12-4-6-15(19)11(3)8-12/h4-10,19-20H,1-3H3/b18-17+. The molecule has 0 spiro atoms. The number of benzene rings is 2. The molecule has 0 aromatic heterocycles. The Balaban J connectivity index is 2.27. The zero-order valence-electron chi connectivity index (χ0n) is 11.8. The molecule has 2 N–H and O–H groups in total. The molecule has 0 amide bonds. The minimum absolute atomic E-state index is 0.223. The second-order valence-corrected chi connectivity index (χ2v) is 5.07. The maximum absolute atomic E-state index is 9.76. The molecule has 2 aromatic rings. The van der Waals surface area contributed by atoms with Gasteiger partial charge in [-0.25, -0.2) is 0 Å². The van der Waals surface area contributed by atoms with E-state index in [1.54, 1.807) is 30.3 Å². The fourth-order valence-corrected chi connectivity index (χ4v) is 1.88. The van der Waals surface area contributed by atoms with Crippen LogP contribution in [0.4, 0.5) is 11.4 Å². The van der Waals surface area contributed by atoms with Crippen molar-refractivity contribution in [2.45, 2.75) is 26.7 Å². The lowest BCUT2D eigenvalue weighted by Crippen LogP contribution is -1.86. The third-order valence-electron chi connectivity index (χ3n) is 3.09. The van der Waals surface area contributed by atoms with Crippen molar-refractivity contribution >= 4 is 11.4 Å². The Kier molecular flexibility index (Phi) is 4.03. The first kappa shape index (κ1) is 14.1.